The third-order valence-electron chi connectivity index (χ3n) is 3.77. The van der Waals surface area contributed by atoms with E-state index in [0.717, 1.165) is 25.7 Å². The van der Waals surface area contributed by atoms with Gasteiger partial charge in [0, 0.05) is 7.11 Å². The van der Waals surface area contributed by atoms with Crippen molar-refractivity contribution in [3.63, 3.8) is 0 Å². The van der Waals surface area contributed by atoms with Gasteiger partial charge in [-0.2, -0.15) is 0 Å². The van der Waals surface area contributed by atoms with Crippen LogP contribution in [0.2, 0.25) is 0 Å². The van der Waals surface area contributed by atoms with Gasteiger partial charge in [0.2, 0.25) is 0 Å². The third kappa shape index (κ3) is 5.18. The molecule has 1 unspecified atom stereocenters. The molecule has 0 aliphatic rings. The lowest BCUT2D eigenvalue weighted by Gasteiger charge is -2.15. The SMILES string of the molecule is COC(CCCc1ccccc1)CCc1ccccc1. The maximum atomic E-state index is 5.61. The predicted molar refractivity (Wildman–Crippen MR) is 84.9 cm³/mol. The van der Waals surface area contributed by atoms with Crippen LogP contribution in [0.4, 0.5) is 0 Å². The number of benzene rings is 2. The number of hydrogen-bond donors (Lipinski definition) is 0. The summed E-state index contributed by atoms with van der Waals surface area (Å²) in [5.74, 6) is 0. The minimum absolute atomic E-state index is 0.374. The molecule has 0 spiro atoms. The number of aryl methyl sites for hydroxylation is 2. The molecule has 20 heavy (non-hydrogen) atoms. The number of rotatable bonds is 8. The van der Waals surface area contributed by atoms with Crippen molar-refractivity contribution >= 4 is 0 Å². The molecule has 1 atom stereocenters. The Morgan fingerprint density at radius 3 is 1.85 bits per heavy atom. The van der Waals surface area contributed by atoms with E-state index in [1.165, 1.54) is 17.5 Å². The van der Waals surface area contributed by atoms with E-state index < -0.39 is 0 Å². The molecule has 0 amide bonds. The zero-order valence-corrected chi connectivity index (χ0v) is 12.3. The molecule has 0 aliphatic heterocycles. The van der Waals surface area contributed by atoms with Gasteiger partial charge in [0.15, 0.2) is 0 Å². The summed E-state index contributed by atoms with van der Waals surface area (Å²) in [5, 5.41) is 0. The molecule has 0 radical (unpaired) electrons. The summed E-state index contributed by atoms with van der Waals surface area (Å²) in [6, 6.07) is 21.3. The highest BCUT2D eigenvalue weighted by atomic mass is 16.5. The quantitative estimate of drug-likeness (QED) is 0.676. The van der Waals surface area contributed by atoms with Crippen LogP contribution in [0.5, 0.6) is 0 Å². The van der Waals surface area contributed by atoms with Gasteiger partial charge in [-0.15, -0.1) is 0 Å². The number of ether oxygens (including phenoxy) is 1. The van der Waals surface area contributed by atoms with Crippen LogP contribution >= 0.6 is 0 Å². The first-order valence-corrected chi connectivity index (χ1v) is 7.49. The fraction of sp³-hybridized carbons (Fsp3) is 0.368. The highest BCUT2D eigenvalue weighted by Crippen LogP contribution is 2.13. The van der Waals surface area contributed by atoms with E-state index in [9.17, 15) is 0 Å². The molecule has 2 aromatic rings. The van der Waals surface area contributed by atoms with Crippen LogP contribution in [0.3, 0.4) is 0 Å². The molecule has 0 fully saturated rings. The van der Waals surface area contributed by atoms with Crippen LogP contribution in [0.15, 0.2) is 60.7 Å². The zero-order chi connectivity index (χ0) is 14.0. The normalized spacial score (nSPS) is 12.2. The van der Waals surface area contributed by atoms with Crippen molar-refractivity contribution in [1.29, 1.82) is 0 Å². The van der Waals surface area contributed by atoms with Crippen LogP contribution in [-0.4, -0.2) is 13.2 Å². The maximum Gasteiger partial charge on any atom is 0.0574 e. The van der Waals surface area contributed by atoms with Gasteiger partial charge in [-0.05, 0) is 43.2 Å². The second kappa shape index (κ2) is 8.55. The van der Waals surface area contributed by atoms with E-state index >= 15 is 0 Å². The molecular formula is C19H24O. The Hall–Kier alpha value is -1.60. The van der Waals surface area contributed by atoms with Crippen molar-refractivity contribution in [2.75, 3.05) is 7.11 Å². The monoisotopic (exact) mass is 268 g/mol. The second-order valence-electron chi connectivity index (χ2n) is 5.26. The van der Waals surface area contributed by atoms with Gasteiger partial charge >= 0.3 is 0 Å². The Morgan fingerprint density at radius 2 is 1.30 bits per heavy atom. The fourth-order valence-corrected chi connectivity index (χ4v) is 2.53. The number of methoxy groups -OCH3 is 1. The highest BCUT2D eigenvalue weighted by Gasteiger charge is 2.07. The van der Waals surface area contributed by atoms with Crippen LogP contribution in [-0.2, 0) is 17.6 Å². The lowest BCUT2D eigenvalue weighted by Crippen LogP contribution is -2.12. The molecule has 2 aromatic carbocycles. The summed E-state index contributed by atoms with van der Waals surface area (Å²) in [5.41, 5.74) is 2.82. The Bertz CT molecular complexity index is 464. The topological polar surface area (TPSA) is 9.23 Å². The second-order valence-corrected chi connectivity index (χ2v) is 5.26. The summed E-state index contributed by atoms with van der Waals surface area (Å²) in [7, 11) is 1.83. The summed E-state index contributed by atoms with van der Waals surface area (Å²) >= 11 is 0. The van der Waals surface area contributed by atoms with Crippen LogP contribution < -0.4 is 0 Å². The Kier molecular flexibility index (Phi) is 6.33. The van der Waals surface area contributed by atoms with E-state index in [-0.39, 0.29) is 0 Å². The van der Waals surface area contributed by atoms with Crippen LogP contribution in [0.1, 0.15) is 30.4 Å². The molecule has 0 aromatic heterocycles. The zero-order valence-electron chi connectivity index (χ0n) is 12.3. The lowest BCUT2D eigenvalue weighted by atomic mass is 10.0. The molecule has 1 nitrogen and oxygen atoms in total. The minimum Gasteiger partial charge on any atom is -0.381 e. The molecule has 1 heteroatoms. The average Bonchev–Trinajstić information content (AvgIpc) is 2.52. The van der Waals surface area contributed by atoms with E-state index in [4.69, 9.17) is 4.74 Å². The van der Waals surface area contributed by atoms with Crippen molar-refractivity contribution in [2.24, 2.45) is 0 Å². The fourth-order valence-electron chi connectivity index (χ4n) is 2.53. The third-order valence-corrected chi connectivity index (χ3v) is 3.77. The van der Waals surface area contributed by atoms with Crippen molar-refractivity contribution < 1.29 is 4.74 Å². The molecule has 0 aliphatic carbocycles. The van der Waals surface area contributed by atoms with Gasteiger partial charge in [-0.3, -0.25) is 0 Å². The van der Waals surface area contributed by atoms with Crippen molar-refractivity contribution in [3.05, 3.63) is 71.8 Å². The smallest absolute Gasteiger partial charge is 0.0574 e. The Balaban J connectivity index is 1.70. The lowest BCUT2D eigenvalue weighted by molar-refractivity contribution is 0.0866. The predicted octanol–water partition coefficient (Wildman–Crippen LogP) is 4.66. The van der Waals surface area contributed by atoms with Gasteiger partial charge in [0.05, 0.1) is 6.10 Å². The molecule has 0 saturated heterocycles. The molecule has 0 heterocycles. The van der Waals surface area contributed by atoms with Gasteiger partial charge < -0.3 is 4.74 Å². The first kappa shape index (κ1) is 14.8. The Morgan fingerprint density at radius 1 is 0.750 bits per heavy atom. The first-order valence-electron chi connectivity index (χ1n) is 7.49. The van der Waals surface area contributed by atoms with Crippen LogP contribution in [0, 0.1) is 0 Å². The average molecular weight is 268 g/mol. The maximum absolute atomic E-state index is 5.61. The van der Waals surface area contributed by atoms with E-state index in [1.807, 2.05) is 7.11 Å². The standard InChI is InChI=1S/C19H24O/c1-20-19(16-15-18-11-6-3-7-12-18)14-8-13-17-9-4-2-5-10-17/h2-7,9-12,19H,8,13-16H2,1H3. The molecule has 106 valence electrons. The Labute approximate surface area is 122 Å². The van der Waals surface area contributed by atoms with Crippen molar-refractivity contribution in [3.8, 4) is 0 Å². The number of hydrogen-bond acceptors (Lipinski definition) is 1. The summed E-state index contributed by atoms with van der Waals surface area (Å²) in [4.78, 5) is 0. The summed E-state index contributed by atoms with van der Waals surface area (Å²) < 4.78 is 5.61. The van der Waals surface area contributed by atoms with E-state index in [0.29, 0.717) is 6.10 Å². The molecular weight excluding hydrogens is 244 g/mol. The molecule has 2 rings (SSSR count). The van der Waals surface area contributed by atoms with E-state index in [1.54, 1.807) is 0 Å². The first-order chi connectivity index (χ1) is 9.88. The largest absolute Gasteiger partial charge is 0.381 e. The summed E-state index contributed by atoms with van der Waals surface area (Å²) in [6.07, 6.45) is 6.06. The van der Waals surface area contributed by atoms with Gasteiger partial charge in [0.1, 0.15) is 0 Å². The molecule has 0 bridgehead atoms. The summed E-state index contributed by atoms with van der Waals surface area (Å²) in [6.45, 7) is 0. The van der Waals surface area contributed by atoms with Gasteiger partial charge in [-0.25, -0.2) is 0 Å². The molecule has 0 saturated carbocycles. The highest BCUT2D eigenvalue weighted by molar-refractivity contribution is 5.15. The molecule has 0 N–H and O–H groups in total. The van der Waals surface area contributed by atoms with Gasteiger partial charge in [0.25, 0.3) is 0 Å². The minimum atomic E-state index is 0.374. The van der Waals surface area contributed by atoms with Crippen molar-refractivity contribution in [2.45, 2.75) is 38.2 Å². The van der Waals surface area contributed by atoms with E-state index in [2.05, 4.69) is 60.7 Å². The van der Waals surface area contributed by atoms with Crippen LogP contribution in [0.25, 0.3) is 0 Å². The van der Waals surface area contributed by atoms with Gasteiger partial charge in [-0.1, -0.05) is 60.7 Å². The van der Waals surface area contributed by atoms with Crippen molar-refractivity contribution in [1.82, 2.24) is 0 Å².